The van der Waals surface area contributed by atoms with Gasteiger partial charge in [0.25, 0.3) is 0 Å². The number of aryl methyl sites for hydroxylation is 1. The van der Waals surface area contributed by atoms with Gasteiger partial charge >= 0.3 is 12.1 Å². The monoisotopic (exact) mass is 375 g/mol. The quantitative estimate of drug-likeness (QED) is 0.730. The summed E-state index contributed by atoms with van der Waals surface area (Å²) >= 11 is 0. The van der Waals surface area contributed by atoms with Gasteiger partial charge in [-0.3, -0.25) is 4.79 Å². The summed E-state index contributed by atoms with van der Waals surface area (Å²) in [6.45, 7) is -1.43. The normalized spacial score (nSPS) is 15.7. The fraction of sp³-hybridized carbons (Fsp3) is 0.529. The summed E-state index contributed by atoms with van der Waals surface area (Å²) in [7, 11) is 1.31. The molecule has 0 radical (unpaired) electrons. The molecule has 6 nitrogen and oxygen atoms in total. The topological polar surface area (TPSA) is 84.9 Å². The highest BCUT2D eigenvalue weighted by Crippen LogP contribution is 2.32. The third kappa shape index (κ3) is 5.03. The van der Waals surface area contributed by atoms with E-state index in [1.807, 2.05) is 0 Å². The van der Waals surface area contributed by atoms with Crippen LogP contribution in [0.15, 0.2) is 18.2 Å². The number of methoxy groups -OCH3 is 1. The number of halogens is 3. The summed E-state index contributed by atoms with van der Waals surface area (Å²) in [4.78, 5) is 23.2. The van der Waals surface area contributed by atoms with E-state index >= 15 is 0 Å². The molecular weight excluding hydrogens is 355 g/mol. The number of rotatable bonds is 8. The Kier molecular flexibility index (Phi) is 5.99. The fourth-order valence-electron chi connectivity index (χ4n) is 2.66. The van der Waals surface area contributed by atoms with Crippen molar-refractivity contribution in [1.82, 2.24) is 5.32 Å². The van der Waals surface area contributed by atoms with Gasteiger partial charge in [-0.05, 0) is 43.4 Å². The maximum absolute atomic E-state index is 12.2. The van der Waals surface area contributed by atoms with Crippen molar-refractivity contribution in [3.05, 3.63) is 23.8 Å². The van der Waals surface area contributed by atoms with Gasteiger partial charge in [-0.25, -0.2) is 4.79 Å². The average Bonchev–Trinajstić information content (AvgIpc) is 2.53. The van der Waals surface area contributed by atoms with E-state index in [1.165, 1.54) is 25.3 Å². The number of ether oxygens (including phenoxy) is 2. The van der Waals surface area contributed by atoms with Gasteiger partial charge in [0.2, 0.25) is 5.91 Å². The number of benzene rings is 1. The van der Waals surface area contributed by atoms with Gasteiger partial charge in [-0.2, -0.15) is 13.2 Å². The van der Waals surface area contributed by atoms with Crippen molar-refractivity contribution in [1.29, 1.82) is 0 Å². The Morgan fingerprint density at radius 1 is 1.27 bits per heavy atom. The third-order valence-corrected chi connectivity index (χ3v) is 4.26. The molecule has 26 heavy (non-hydrogen) atoms. The van der Waals surface area contributed by atoms with Gasteiger partial charge in [0.05, 0.1) is 7.11 Å². The molecule has 0 aliphatic heterocycles. The van der Waals surface area contributed by atoms with E-state index in [0.717, 1.165) is 6.42 Å². The number of nitrogens with one attached hydrogen (secondary N) is 1. The maximum atomic E-state index is 12.2. The number of carbonyl (C=O) groups excluding carboxylic acids is 1. The number of amides is 1. The summed E-state index contributed by atoms with van der Waals surface area (Å²) in [6.07, 6.45) is -2.54. The van der Waals surface area contributed by atoms with Crippen LogP contribution in [0.5, 0.6) is 11.5 Å². The molecule has 0 bridgehead atoms. The Hall–Kier alpha value is -2.45. The predicted molar refractivity (Wildman–Crippen MR) is 85.2 cm³/mol. The number of hydrogen-bond acceptors (Lipinski definition) is 4. The molecule has 0 aromatic heterocycles. The molecule has 1 aliphatic carbocycles. The minimum absolute atomic E-state index is 0.0441. The predicted octanol–water partition coefficient (Wildman–Crippen LogP) is 2.69. The van der Waals surface area contributed by atoms with E-state index in [9.17, 15) is 27.9 Å². The molecule has 0 atom stereocenters. The van der Waals surface area contributed by atoms with Crippen LogP contribution >= 0.6 is 0 Å². The fourth-order valence-corrected chi connectivity index (χ4v) is 2.66. The van der Waals surface area contributed by atoms with Crippen LogP contribution in [0.3, 0.4) is 0 Å². The highest BCUT2D eigenvalue weighted by Gasteiger charge is 2.45. The van der Waals surface area contributed by atoms with Crippen LogP contribution < -0.4 is 14.8 Å². The Balaban J connectivity index is 1.93. The van der Waals surface area contributed by atoms with Crippen molar-refractivity contribution in [2.45, 2.75) is 43.8 Å². The van der Waals surface area contributed by atoms with Gasteiger partial charge in [0.1, 0.15) is 5.54 Å². The van der Waals surface area contributed by atoms with E-state index in [0.29, 0.717) is 18.4 Å². The molecule has 1 aromatic rings. The zero-order chi connectivity index (χ0) is 19.4. The SMILES string of the molecule is COc1cc(CCC(=O)NC2(C(=O)O)CCC2)ccc1OCC(F)(F)F. The van der Waals surface area contributed by atoms with E-state index in [4.69, 9.17) is 9.47 Å². The van der Waals surface area contributed by atoms with Crippen molar-refractivity contribution in [2.24, 2.45) is 0 Å². The van der Waals surface area contributed by atoms with Gasteiger partial charge in [-0.15, -0.1) is 0 Å². The van der Waals surface area contributed by atoms with E-state index < -0.39 is 24.3 Å². The van der Waals surface area contributed by atoms with Crippen molar-refractivity contribution >= 4 is 11.9 Å². The minimum Gasteiger partial charge on any atom is -0.493 e. The molecule has 0 spiro atoms. The first-order valence-corrected chi connectivity index (χ1v) is 8.06. The molecule has 1 amide bonds. The first-order valence-electron chi connectivity index (χ1n) is 8.06. The molecule has 2 N–H and O–H groups in total. The molecule has 0 heterocycles. The molecule has 1 saturated carbocycles. The van der Waals surface area contributed by atoms with Gasteiger partial charge in [0, 0.05) is 6.42 Å². The van der Waals surface area contributed by atoms with Gasteiger partial charge in [0.15, 0.2) is 18.1 Å². The highest BCUT2D eigenvalue weighted by molar-refractivity contribution is 5.87. The Bertz CT molecular complexity index is 671. The second kappa shape index (κ2) is 7.84. The minimum atomic E-state index is -4.45. The standard InChI is InChI=1S/C17H20F3NO5/c1-25-13-9-11(3-5-12(13)26-10-17(18,19)20)4-6-14(22)21-16(15(23)24)7-2-8-16/h3,5,9H,2,4,6-8,10H2,1H3,(H,21,22)(H,23,24). The summed E-state index contributed by atoms with van der Waals surface area (Å²) in [5, 5.41) is 11.8. The largest absolute Gasteiger partial charge is 0.493 e. The van der Waals surface area contributed by atoms with Crippen LogP contribution in [0.2, 0.25) is 0 Å². The van der Waals surface area contributed by atoms with Crippen LogP contribution in [0.1, 0.15) is 31.2 Å². The smallest absolute Gasteiger partial charge is 0.422 e. The number of aliphatic carboxylic acids is 1. The number of carboxylic acids is 1. The van der Waals surface area contributed by atoms with Gasteiger partial charge < -0.3 is 19.9 Å². The van der Waals surface area contributed by atoms with E-state index in [-0.39, 0.29) is 30.2 Å². The molecular formula is C17H20F3NO5. The third-order valence-electron chi connectivity index (χ3n) is 4.26. The van der Waals surface area contributed by atoms with Crippen LogP contribution in [0, 0.1) is 0 Å². The lowest BCUT2D eigenvalue weighted by Crippen LogP contribution is -2.59. The summed E-state index contributed by atoms with van der Waals surface area (Å²) < 4.78 is 46.4. The maximum Gasteiger partial charge on any atom is 0.422 e. The molecule has 1 fully saturated rings. The number of alkyl halides is 3. The lowest BCUT2D eigenvalue weighted by atomic mass is 9.76. The van der Waals surface area contributed by atoms with Crippen molar-refractivity contribution in [3.63, 3.8) is 0 Å². The summed E-state index contributed by atoms with van der Waals surface area (Å²) in [6, 6.07) is 4.38. The molecule has 9 heteroatoms. The first kappa shape index (κ1) is 19.9. The molecule has 144 valence electrons. The number of hydrogen-bond donors (Lipinski definition) is 2. The van der Waals surface area contributed by atoms with Crippen LogP contribution in [-0.4, -0.2) is 42.4 Å². The molecule has 1 aromatic carbocycles. The van der Waals surface area contributed by atoms with Crippen molar-refractivity contribution in [3.8, 4) is 11.5 Å². The lowest BCUT2D eigenvalue weighted by Gasteiger charge is -2.38. The summed E-state index contributed by atoms with van der Waals surface area (Å²) in [5.41, 5.74) is -0.501. The Morgan fingerprint density at radius 2 is 1.96 bits per heavy atom. The Labute approximate surface area is 148 Å². The molecule has 0 unspecified atom stereocenters. The van der Waals surface area contributed by atoms with E-state index in [1.54, 1.807) is 0 Å². The average molecular weight is 375 g/mol. The molecule has 0 saturated heterocycles. The lowest BCUT2D eigenvalue weighted by molar-refractivity contribution is -0.153. The van der Waals surface area contributed by atoms with Crippen LogP contribution in [-0.2, 0) is 16.0 Å². The number of carbonyl (C=O) groups is 2. The first-order chi connectivity index (χ1) is 12.1. The highest BCUT2D eigenvalue weighted by atomic mass is 19.4. The second-order valence-corrected chi connectivity index (χ2v) is 6.18. The van der Waals surface area contributed by atoms with E-state index in [2.05, 4.69) is 5.32 Å². The van der Waals surface area contributed by atoms with Crippen molar-refractivity contribution in [2.75, 3.05) is 13.7 Å². The second-order valence-electron chi connectivity index (χ2n) is 6.18. The number of carboxylic acid groups (broad SMARTS) is 1. The van der Waals surface area contributed by atoms with Crippen LogP contribution in [0.25, 0.3) is 0 Å². The zero-order valence-corrected chi connectivity index (χ0v) is 14.2. The zero-order valence-electron chi connectivity index (χ0n) is 14.2. The van der Waals surface area contributed by atoms with Gasteiger partial charge in [-0.1, -0.05) is 6.07 Å². The van der Waals surface area contributed by atoms with Crippen LogP contribution in [0.4, 0.5) is 13.2 Å². The molecule has 2 rings (SSSR count). The van der Waals surface area contributed by atoms with Crippen molar-refractivity contribution < 1.29 is 37.3 Å². The summed E-state index contributed by atoms with van der Waals surface area (Å²) in [5.74, 6) is -1.33. The Morgan fingerprint density at radius 3 is 2.46 bits per heavy atom. The molecule has 1 aliphatic rings.